The molecule has 0 atom stereocenters. The molecule has 0 radical (unpaired) electrons. The molecule has 0 aliphatic carbocycles. The van der Waals surface area contributed by atoms with E-state index in [1.54, 1.807) is 12.1 Å². The lowest BCUT2D eigenvalue weighted by molar-refractivity contribution is -0.137. The molecule has 1 aromatic rings. The van der Waals surface area contributed by atoms with Gasteiger partial charge in [0.05, 0.1) is 0 Å². The van der Waals surface area contributed by atoms with Crippen LogP contribution < -0.4 is 11.1 Å². The second-order valence-electron chi connectivity index (χ2n) is 6.05. The number of carboxylic acid groups (broad SMARTS) is 1. The largest absolute Gasteiger partial charge is 0.481 e. The number of carboxylic acids is 1. The smallest absolute Gasteiger partial charge is 0.303 e. The van der Waals surface area contributed by atoms with Gasteiger partial charge in [-0.25, -0.2) is 0 Å². The number of nitrogens with one attached hydrogen (secondary N) is 1. The first-order valence-electron chi connectivity index (χ1n) is 7.11. The maximum absolute atomic E-state index is 11.1. The van der Waals surface area contributed by atoms with Gasteiger partial charge in [0.1, 0.15) is 0 Å². The van der Waals surface area contributed by atoms with Gasteiger partial charge in [-0.15, -0.1) is 0 Å². The van der Waals surface area contributed by atoms with E-state index in [0.717, 1.165) is 18.5 Å². The van der Waals surface area contributed by atoms with Gasteiger partial charge in [0.15, 0.2) is 0 Å². The summed E-state index contributed by atoms with van der Waals surface area (Å²) < 4.78 is 0. The van der Waals surface area contributed by atoms with E-state index in [9.17, 15) is 9.59 Å². The van der Waals surface area contributed by atoms with Crippen LogP contribution in [-0.2, 0) is 11.3 Å². The van der Waals surface area contributed by atoms with Gasteiger partial charge < -0.3 is 16.2 Å². The van der Waals surface area contributed by atoms with Gasteiger partial charge in [-0.2, -0.15) is 0 Å². The Balaban J connectivity index is 2.35. The fourth-order valence-electron chi connectivity index (χ4n) is 2.06. The summed E-state index contributed by atoms with van der Waals surface area (Å²) in [5.74, 6) is -1.18. The maximum atomic E-state index is 11.1. The summed E-state index contributed by atoms with van der Waals surface area (Å²) in [7, 11) is 0. The predicted molar refractivity (Wildman–Crippen MR) is 81.9 cm³/mol. The van der Waals surface area contributed by atoms with Crippen molar-refractivity contribution in [1.29, 1.82) is 0 Å². The number of carbonyl (C=O) groups excluding carboxylic acids is 1. The van der Waals surface area contributed by atoms with Crippen LogP contribution >= 0.6 is 0 Å². The molecule has 0 spiro atoms. The van der Waals surface area contributed by atoms with E-state index < -0.39 is 11.9 Å². The number of rotatable bonds is 9. The minimum atomic E-state index is -0.751. The lowest BCUT2D eigenvalue weighted by Gasteiger charge is -2.23. The van der Waals surface area contributed by atoms with Crippen LogP contribution in [0.3, 0.4) is 0 Å². The summed E-state index contributed by atoms with van der Waals surface area (Å²) >= 11 is 0. The topological polar surface area (TPSA) is 92.4 Å². The Hall–Kier alpha value is -1.88. The second kappa shape index (κ2) is 7.78. The van der Waals surface area contributed by atoms with Crippen LogP contribution in [0.4, 0.5) is 0 Å². The van der Waals surface area contributed by atoms with Crippen LogP contribution in [0.1, 0.15) is 49.0 Å². The van der Waals surface area contributed by atoms with Crippen molar-refractivity contribution in [1.82, 2.24) is 5.32 Å². The molecule has 1 aromatic carbocycles. The van der Waals surface area contributed by atoms with Gasteiger partial charge in [-0.05, 0) is 42.5 Å². The Kier molecular flexibility index (Phi) is 6.37. The second-order valence-corrected chi connectivity index (χ2v) is 6.05. The molecule has 0 bridgehead atoms. The summed E-state index contributed by atoms with van der Waals surface area (Å²) in [6.07, 6.45) is 1.77. The molecule has 0 saturated carbocycles. The first-order chi connectivity index (χ1) is 9.80. The monoisotopic (exact) mass is 292 g/mol. The fraction of sp³-hybridized carbons (Fsp3) is 0.500. The Morgan fingerprint density at radius 3 is 2.62 bits per heavy atom. The highest BCUT2D eigenvalue weighted by Crippen LogP contribution is 2.26. The number of benzene rings is 1. The molecular formula is C16H24N2O3. The lowest BCUT2D eigenvalue weighted by atomic mass is 9.84. The molecule has 116 valence electrons. The summed E-state index contributed by atoms with van der Waals surface area (Å²) in [5, 5.41) is 12.0. The molecule has 5 heteroatoms. The van der Waals surface area contributed by atoms with Crippen LogP contribution in [0.2, 0.25) is 0 Å². The molecular weight excluding hydrogens is 268 g/mol. The summed E-state index contributed by atoms with van der Waals surface area (Å²) in [6.45, 7) is 5.61. The number of amides is 1. The maximum Gasteiger partial charge on any atom is 0.303 e. The molecule has 5 nitrogen and oxygen atoms in total. The molecule has 1 amide bonds. The van der Waals surface area contributed by atoms with Crippen molar-refractivity contribution < 1.29 is 14.7 Å². The predicted octanol–water partition coefficient (Wildman–Crippen LogP) is 2.16. The van der Waals surface area contributed by atoms with Gasteiger partial charge in [0.25, 0.3) is 0 Å². The Bertz CT molecular complexity index is 498. The zero-order valence-electron chi connectivity index (χ0n) is 12.7. The van der Waals surface area contributed by atoms with Crippen molar-refractivity contribution in [3.63, 3.8) is 0 Å². The Morgan fingerprint density at radius 2 is 2.00 bits per heavy atom. The SMILES string of the molecule is CC(C)(CCNCc1cccc(C(N)=O)c1)CCC(=O)O. The van der Waals surface area contributed by atoms with E-state index in [-0.39, 0.29) is 11.8 Å². The fourth-order valence-corrected chi connectivity index (χ4v) is 2.06. The number of hydrogen-bond donors (Lipinski definition) is 3. The molecule has 0 saturated heterocycles. The van der Waals surface area contributed by atoms with Crippen molar-refractivity contribution in [2.24, 2.45) is 11.1 Å². The molecule has 21 heavy (non-hydrogen) atoms. The zero-order valence-corrected chi connectivity index (χ0v) is 12.7. The van der Waals surface area contributed by atoms with Crippen LogP contribution in [0.5, 0.6) is 0 Å². The van der Waals surface area contributed by atoms with Gasteiger partial charge in [0, 0.05) is 18.5 Å². The average Bonchev–Trinajstić information content (AvgIpc) is 2.42. The van der Waals surface area contributed by atoms with Gasteiger partial charge in [-0.3, -0.25) is 9.59 Å². The quantitative estimate of drug-likeness (QED) is 0.608. The van der Waals surface area contributed by atoms with E-state index in [1.165, 1.54) is 0 Å². The van der Waals surface area contributed by atoms with Crippen molar-refractivity contribution in [3.8, 4) is 0 Å². The molecule has 0 aromatic heterocycles. The first kappa shape index (κ1) is 17.2. The molecule has 0 aliphatic rings. The standard InChI is InChI=1S/C16H24N2O3/c1-16(2,7-6-14(19)20)8-9-18-11-12-4-3-5-13(10-12)15(17)21/h3-5,10,18H,6-9,11H2,1-2H3,(H2,17,21)(H,19,20). The van der Waals surface area contributed by atoms with Gasteiger partial charge in [0.2, 0.25) is 5.91 Å². The normalized spacial score (nSPS) is 11.3. The molecule has 0 aliphatic heterocycles. The minimum Gasteiger partial charge on any atom is -0.481 e. The Morgan fingerprint density at radius 1 is 1.29 bits per heavy atom. The molecule has 0 heterocycles. The van der Waals surface area contributed by atoms with Crippen LogP contribution in [0.25, 0.3) is 0 Å². The van der Waals surface area contributed by atoms with E-state index >= 15 is 0 Å². The van der Waals surface area contributed by atoms with E-state index in [1.807, 2.05) is 12.1 Å². The summed E-state index contributed by atoms with van der Waals surface area (Å²) in [5.41, 5.74) is 6.76. The summed E-state index contributed by atoms with van der Waals surface area (Å²) in [6, 6.07) is 7.23. The van der Waals surface area contributed by atoms with Crippen molar-refractivity contribution >= 4 is 11.9 Å². The Labute approximate surface area is 125 Å². The van der Waals surface area contributed by atoms with Crippen LogP contribution in [0.15, 0.2) is 24.3 Å². The van der Waals surface area contributed by atoms with E-state index in [2.05, 4.69) is 19.2 Å². The molecule has 1 rings (SSSR count). The number of nitrogens with two attached hydrogens (primary N) is 1. The zero-order chi connectivity index (χ0) is 15.9. The lowest BCUT2D eigenvalue weighted by Crippen LogP contribution is -2.23. The number of primary amides is 1. The van der Waals surface area contributed by atoms with Crippen molar-refractivity contribution in [2.45, 2.75) is 39.7 Å². The molecule has 0 unspecified atom stereocenters. The van der Waals surface area contributed by atoms with Gasteiger partial charge >= 0.3 is 5.97 Å². The first-order valence-corrected chi connectivity index (χ1v) is 7.11. The van der Waals surface area contributed by atoms with Crippen molar-refractivity contribution in [3.05, 3.63) is 35.4 Å². The highest BCUT2D eigenvalue weighted by Gasteiger charge is 2.18. The molecule has 4 N–H and O–H groups in total. The highest BCUT2D eigenvalue weighted by molar-refractivity contribution is 5.92. The van der Waals surface area contributed by atoms with Crippen LogP contribution in [-0.4, -0.2) is 23.5 Å². The third kappa shape index (κ3) is 6.90. The minimum absolute atomic E-state index is 0.000459. The van der Waals surface area contributed by atoms with Gasteiger partial charge in [-0.1, -0.05) is 26.0 Å². The third-order valence-electron chi connectivity index (χ3n) is 3.53. The van der Waals surface area contributed by atoms with E-state index in [0.29, 0.717) is 18.5 Å². The van der Waals surface area contributed by atoms with Crippen LogP contribution in [0, 0.1) is 5.41 Å². The number of carbonyl (C=O) groups is 2. The number of hydrogen-bond acceptors (Lipinski definition) is 3. The van der Waals surface area contributed by atoms with E-state index in [4.69, 9.17) is 10.8 Å². The third-order valence-corrected chi connectivity index (χ3v) is 3.53. The average molecular weight is 292 g/mol. The van der Waals surface area contributed by atoms with Crippen molar-refractivity contribution in [2.75, 3.05) is 6.54 Å². The number of aliphatic carboxylic acids is 1. The highest BCUT2D eigenvalue weighted by atomic mass is 16.4. The summed E-state index contributed by atoms with van der Waals surface area (Å²) in [4.78, 5) is 21.7. The molecule has 0 fully saturated rings.